The molecule has 1 N–H and O–H groups in total. The average Bonchev–Trinajstić information content (AvgIpc) is 2.46. The summed E-state index contributed by atoms with van der Waals surface area (Å²) in [6.45, 7) is 2.53. The molecule has 1 atom stereocenters. The molecule has 106 valence electrons. The Balaban J connectivity index is 2.04. The third-order valence-electron chi connectivity index (χ3n) is 3.23. The molecule has 0 fully saturated rings. The van der Waals surface area contributed by atoms with Crippen LogP contribution in [-0.2, 0) is 6.54 Å². The number of benzene rings is 2. The highest BCUT2D eigenvalue weighted by atomic mass is 79.9. The summed E-state index contributed by atoms with van der Waals surface area (Å²) >= 11 is 3.53. The number of halogens is 2. The molecule has 0 aliphatic rings. The molecular formula is C16H17BrFNO. The van der Waals surface area contributed by atoms with Gasteiger partial charge in [-0.3, -0.25) is 0 Å². The van der Waals surface area contributed by atoms with Crippen molar-refractivity contribution in [2.75, 3.05) is 7.11 Å². The Morgan fingerprint density at radius 2 is 2.00 bits per heavy atom. The Morgan fingerprint density at radius 1 is 1.25 bits per heavy atom. The minimum atomic E-state index is -0.254. The van der Waals surface area contributed by atoms with Gasteiger partial charge in [0.25, 0.3) is 0 Å². The molecule has 0 radical (unpaired) electrons. The summed E-state index contributed by atoms with van der Waals surface area (Å²) in [6.07, 6.45) is 0. The van der Waals surface area contributed by atoms with Crippen molar-refractivity contribution < 1.29 is 9.13 Å². The molecule has 0 amide bonds. The highest BCUT2D eigenvalue weighted by Gasteiger charge is 2.10. The SMILES string of the molecule is COc1ccc(CN[C@H](C)c2ccccc2Br)c(F)c1. The molecule has 0 aliphatic heterocycles. The fourth-order valence-electron chi connectivity index (χ4n) is 2.00. The van der Waals surface area contributed by atoms with Gasteiger partial charge in [-0.15, -0.1) is 0 Å². The molecule has 2 aromatic rings. The van der Waals surface area contributed by atoms with E-state index in [2.05, 4.69) is 28.2 Å². The minimum Gasteiger partial charge on any atom is -0.497 e. The molecule has 0 saturated carbocycles. The van der Waals surface area contributed by atoms with Gasteiger partial charge in [-0.05, 0) is 24.6 Å². The van der Waals surface area contributed by atoms with E-state index in [1.54, 1.807) is 12.1 Å². The van der Waals surface area contributed by atoms with Crippen molar-refractivity contribution in [2.24, 2.45) is 0 Å². The molecule has 20 heavy (non-hydrogen) atoms. The first kappa shape index (κ1) is 15.0. The van der Waals surface area contributed by atoms with E-state index < -0.39 is 0 Å². The van der Waals surface area contributed by atoms with Crippen molar-refractivity contribution in [3.8, 4) is 5.75 Å². The number of ether oxygens (including phenoxy) is 1. The molecule has 0 aliphatic carbocycles. The lowest BCUT2D eigenvalue weighted by Gasteiger charge is -2.16. The summed E-state index contributed by atoms with van der Waals surface area (Å²) in [5.74, 6) is 0.279. The molecule has 0 bridgehead atoms. The Labute approximate surface area is 127 Å². The normalized spacial score (nSPS) is 12.2. The van der Waals surface area contributed by atoms with E-state index >= 15 is 0 Å². The van der Waals surface area contributed by atoms with Crippen LogP contribution in [0.2, 0.25) is 0 Å². The van der Waals surface area contributed by atoms with Crippen molar-refractivity contribution in [3.05, 3.63) is 63.9 Å². The van der Waals surface area contributed by atoms with E-state index in [4.69, 9.17) is 4.74 Å². The monoisotopic (exact) mass is 337 g/mol. The number of nitrogens with one attached hydrogen (secondary N) is 1. The molecule has 4 heteroatoms. The fraction of sp³-hybridized carbons (Fsp3) is 0.250. The van der Waals surface area contributed by atoms with Crippen molar-refractivity contribution >= 4 is 15.9 Å². The van der Waals surface area contributed by atoms with Crippen LogP contribution in [0.4, 0.5) is 4.39 Å². The van der Waals surface area contributed by atoms with Crippen LogP contribution >= 0.6 is 15.9 Å². The van der Waals surface area contributed by atoms with Gasteiger partial charge >= 0.3 is 0 Å². The highest BCUT2D eigenvalue weighted by Crippen LogP contribution is 2.23. The highest BCUT2D eigenvalue weighted by molar-refractivity contribution is 9.10. The fourth-order valence-corrected chi connectivity index (χ4v) is 2.63. The maximum absolute atomic E-state index is 13.8. The van der Waals surface area contributed by atoms with E-state index in [9.17, 15) is 4.39 Å². The number of hydrogen-bond acceptors (Lipinski definition) is 2. The Hall–Kier alpha value is -1.39. The van der Waals surface area contributed by atoms with Crippen LogP contribution < -0.4 is 10.1 Å². The summed E-state index contributed by atoms with van der Waals surface area (Å²) in [7, 11) is 1.53. The number of methoxy groups -OCH3 is 1. The molecule has 0 unspecified atom stereocenters. The van der Waals surface area contributed by atoms with Crippen LogP contribution in [0, 0.1) is 5.82 Å². The second-order valence-electron chi connectivity index (χ2n) is 4.58. The van der Waals surface area contributed by atoms with Crippen molar-refractivity contribution in [3.63, 3.8) is 0 Å². The maximum atomic E-state index is 13.8. The van der Waals surface area contributed by atoms with Crippen LogP contribution in [0.1, 0.15) is 24.1 Å². The summed E-state index contributed by atoms with van der Waals surface area (Å²) in [5, 5.41) is 3.32. The second kappa shape index (κ2) is 6.86. The third-order valence-corrected chi connectivity index (χ3v) is 3.95. The molecule has 0 heterocycles. The van der Waals surface area contributed by atoms with Gasteiger partial charge < -0.3 is 10.1 Å². The van der Waals surface area contributed by atoms with Crippen molar-refractivity contribution in [1.82, 2.24) is 5.32 Å². The number of hydrogen-bond donors (Lipinski definition) is 1. The first-order chi connectivity index (χ1) is 9.61. The van der Waals surface area contributed by atoms with Crippen molar-refractivity contribution in [2.45, 2.75) is 19.5 Å². The molecular weight excluding hydrogens is 321 g/mol. The average molecular weight is 338 g/mol. The first-order valence-electron chi connectivity index (χ1n) is 6.42. The Kier molecular flexibility index (Phi) is 5.15. The quantitative estimate of drug-likeness (QED) is 0.870. The van der Waals surface area contributed by atoms with Crippen molar-refractivity contribution in [1.29, 1.82) is 0 Å². The standard InChI is InChI=1S/C16H17BrFNO/c1-11(14-5-3-4-6-15(14)17)19-10-12-7-8-13(20-2)9-16(12)18/h3-9,11,19H,10H2,1-2H3/t11-/m1/s1. The molecule has 2 aromatic carbocycles. The van der Waals surface area contributed by atoms with Gasteiger partial charge in [-0.2, -0.15) is 0 Å². The molecule has 0 spiro atoms. The lowest BCUT2D eigenvalue weighted by molar-refractivity contribution is 0.410. The van der Waals surface area contributed by atoms with Crippen LogP contribution in [0.3, 0.4) is 0 Å². The van der Waals surface area contributed by atoms with E-state index in [0.29, 0.717) is 17.9 Å². The maximum Gasteiger partial charge on any atom is 0.131 e. The van der Waals surface area contributed by atoms with Crippen LogP contribution in [0.25, 0.3) is 0 Å². The van der Waals surface area contributed by atoms with Gasteiger partial charge in [0.1, 0.15) is 11.6 Å². The zero-order valence-electron chi connectivity index (χ0n) is 11.5. The predicted molar refractivity (Wildman–Crippen MR) is 82.3 cm³/mol. The van der Waals surface area contributed by atoms with E-state index in [-0.39, 0.29) is 11.9 Å². The smallest absolute Gasteiger partial charge is 0.131 e. The van der Waals surface area contributed by atoms with Gasteiger partial charge in [-0.1, -0.05) is 40.2 Å². The van der Waals surface area contributed by atoms with Crippen LogP contribution in [-0.4, -0.2) is 7.11 Å². The molecule has 2 nitrogen and oxygen atoms in total. The van der Waals surface area contributed by atoms with Gasteiger partial charge in [0, 0.05) is 28.7 Å². The minimum absolute atomic E-state index is 0.132. The van der Waals surface area contributed by atoms with Gasteiger partial charge in [0.2, 0.25) is 0 Å². The zero-order valence-corrected chi connectivity index (χ0v) is 13.1. The summed E-state index contributed by atoms with van der Waals surface area (Å²) in [6, 6.07) is 13.1. The van der Waals surface area contributed by atoms with E-state index in [0.717, 1.165) is 10.0 Å². The first-order valence-corrected chi connectivity index (χ1v) is 7.21. The summed E-state index contributed by atoms with van der Waals surface area (Å²) < 4.78 is 19.9. The molecule has 0 saturated heterocycles. The second-order valence-corrected chi connectivity index (χ2v) is 5.44. The summed E-state index contributed by atoms with van der Waals surface area (Å²) in [4.78, 5) is 0. The predicted octanol–water partition coefficient (Wildman–Crippen LogP) is 4.45. The Bertz CT molecular complexity index is 588. The third kappa shape index (κ3) is 3.58. The summed E-state index contributed by atoms with van der Waals surface area (Å²) in [5.41, 5.74) is 1.78. The van der Waals surface area contributed by atoms with Gasteiger partial charge in [-0.25, -0.2) is 4.39 Å². The lowest BCUT2D eigenvalue weighted by atomic mass is 10.1. The van der Waals surface area contributed by atoms with Gasteiger partial charge in [0.15, 0.2) is 0 Å². The van der Waals surface area contributed by atoms with Crippen LogP contribution in [0.15, 0.2) is 46.9 Å². The van der Waals surface area contributed by atoms with Gasteiger partial charge in [0.05, 0.1) is 7.11 Å². The molecule has 2 rings (SSSR count). The topological polar surface area (TPSA) is 21.3 Å². The van der Waals surface area contributed by atoms with E-state index in [1.807, 2.05) is 24.3 Å². The lowest BCUT2D eigenvalue weighted by Crippen LogP contribution is -2.19. The Morgan fingerprint density at radius 3 is 2.65 bits per heavy atom. The van der Waals surface area contributed by atoms with Crippen LogP contribution in [0.5, 0.6) is 5.75 Å². The number of rotatable bonds is 5. The zero-order chi connectivity index (χ0) is 14.5. The largest absolute Gasteiger partial charge is 0.497 e. The van der Waals surface area contributed by atoms with E-state index in [1.165, 1.54) is 13.2 Å². The molecule has 0 aromatic heterocycles.